The number of hydrogen-bond acceptors (Lipinski definition) is 5. The van der Waals surface area contributed by atoms with Crippen LogP contribution in [0.2, 0.25) is 0 Å². The van der Waals surface area contributed by atoms with Gasteiger partial charge in [-0.3, -0.25) is 9.59 Å². The predicted octanol–water partition coefficient (Wildman–Crippen LogP) is 1.28. The van der Waals surface area contributed by atoms with Gasteiger partial charge in [-0.25, -0.2) is 9.07 Å². The number of tetrazole rings is 1. The quantitative estimate of drug-likeness (QED) is 0.820. The van der Waals surface area contributed by atoms with Gasteiger partial charge in [-0.15, -0.1) is 5.10 Å². The maximum Gasteiger partial charge on any atom is 0.248 e. The second-order valence-electron chi connectivity index (χ2n) is 7.51. The number of benzene rings is 1. The Balaban J connectivity index is 2.19. The minimum absolute atomic E-state index is 0.0861. The van der Waals surface area contributed by atoms with Crippen molar-refractivity contribution in [3.8, 4) is 0 Å². The molecule has 9 heteroatoms. The first-order valence-corrected chi connectivity index (χ1v) is 8.62. The molecule has 27 heavy (non-hydrogen) atoms. The lowest BCUT2D eigenvalue weighted by molar-refractivity contribution is -0.138. The molecule has 1 aromatic heterocycles. The molecule has 1 N–H and O–H groups in total. The molecule has 0 saturated heterocycles. The number of nitrogens with zero attached hydrogens (tertiary/aromatic N) is 5. The van der Waals surface area contributed by atoms with Gasteiger partial charge >= 0.3 is 0 Å². The Morgan fingerprint density at radius 2 is 1.89 bits per heavy atom. The van der Waals surface area contributed by atoms with Crippen LogP contribution in [0.3, 0.4) is 0 Å². The van der Waals surface area contributed by atoms with Crippen LogP contribution < -0.4 is 5.32 Å². The van der Waals surface area contributed by atoms with Gasteiger partial charge in [0.05, 0.1) is 6.54 Å². The fraction of sp³-hybridized carbons (Fsp3) is 0.500. The molecule has 1 atom stereocenters. The molecule has 2 rings (SSSR count). The van der Waals surface area contributed by atoms with E-state index in [1.165, 1.54) is 21.7 Å². The van der Waals surface area contributed by atoms with Crippen molar-refractivity contribution in [2.24, 2.45) is 0 Å². The number of nitrogens with one attached hydrogen (secondary N) is 1. The highest BCUT2D eigenvalue weighted by Crippen LogP contribution is 2.18. The van der Waals surface area contributed by atoms with Crippen molar-refractivity contribution in [2.45, 2.75) is 45.7 Å². The Labute approximate surface area is 157 Å². The second kappa shape index (κ2) is 8.24. The van der Waals surface area contributed by atoms with Crippen LogP contribution in [0.5, 0.6) is 0 Å². The van der Waals surface area contributed by atoms with Crippen LogP contribution >= 0.6 is 0 Å². The molecule has 2 aromatic rings. The molecule has 146 valence electrons. The van der Waals surface area contributed by atoms with Gasteiger partial charge in [0.25, 0.3) is 0 Å². The summed E-state index contributed by atoms with van der Waals surface area (Å²) in [5, 5.41) is 14.2. The van der Waals surface area contributed by atoms with Crippen LogP contribution in [0.1, 0.15) is 38.2 Å². The minimum Gasteiger partial charge on any atom is -0.350 e. The maximum atomic E-state index is 13.2. The Bertz CT molecular complexity index is 797. The molecule has 0 fully saturated rings. The monoisotopic (exact) mass is 376 g/mol. The maximum absolute atomic E-state index is 13.2. The molecular formula is C18H25FN6O2. The summed E-state index contributed by atoms with van der Waals surface area (Å²) < 4.78 is 14.6. The molecule has 2 amide bonds. The van der Waals surface area contributed by atoms with E-state index in [1.54, 1.807) is 26.1 Å². The van der Waals surface area contributed by atoms with Crippen LogP contribution in [0.25, 0.3) is 0 Å². The molecule has 0 saturated carbocycles. The van der Waals surface area contributed by atoms with Crippen LogP contribution in [0, 0.1) is 12.7 Å². The third-order valence-corrected chi connectivity index (χ3v) is 3.85. The summed E-state index contributed by atoms with van der Waals surface area (Å²) in [6, 6.07) is 5.16. The Kier molecular flexibility index (Phi) is 6.24. The molecule has 0 aliphatic rings. The van der Waals surface area contributed by atoms with E-state index in [1.807, 2.05) is 20.8 Å². The lowest BCUT2D eigenvalue weighted by atomic mass is 10.0. The van der Waals surface area contributed by atoms with E-state index in [4.69, 9.17) is 0 Å². The number of rotatable bonds is 6. The normalized spacial score (nSPS) is 12.5. The molecule has 0 bridgehead atoms. The van der Waals surface area contributed by atoms with E-state index >= 15 is 0 Å². The van der Waals surface area contributed by atoms with Gasteiger partial charge in [0.2, 0.25) is 11.8 Å². The third-order valence-electron chi connectivity index (χ3n) is 3.85. The van der Waals surface area contributed by atoms with Gasteiger partial charge in [0.15, 0.2) is 0 Å². The van der Waals surface area contributed by atoms with Gasteiger partial charge in [-0.05, 0) is 55.8 Å². The highest BCUT2D eigenvalue weighted by atomic mass is 19.1. The zero-order valence-corrected chi connectivity index (χ0v) is 16.2. The Hall–Kier alpha value is -2.84. The topological polar surface area (TPSA) is 93.0 Å². The van der Waals surface area contributed by atoms with Crippen molar-refractivity contribution in [3.05, 3.63) is 41.5 Å². The van der Waals surface area contributed by atoms with E-state index in [9.17, 15) is 14.0 Å². The molecule has 0 spiro atoms. The first kappa shape index (κ1) is 20.5. The molecule has 0 radical (unpaired) electrons. The summed E-state index contributed by atoms with van der Waals surface area (Å²) in [4.78, 5) is 26.5. The molecule has 1 heterocycles. The summed E-state index contributed by atoms with van der Waals surface area (Å²) in [7, 11) is 1.56. The summed E-state index contributed by atoms with van der Waals surface area (Å²) in [5.74, 6) is -0.440. The molecule has 1 aromatic carbocycles. The molecule has 1 unspecified atom stereocenters. The van der Waals surface area contributed by atoms with E-state index < -0.39 is 6.04 Å². The molecule has 0 aliphatic carbocycles. The third kappa shape index (κ3) is 5.83. The van der Waals surface area contributed by atoms with E-state index in [0.717, 1.165) is 5.56 Å². The number of halogens is 1. The van der Waals surface area contributed by atoms with Gasteiger partial charge < -0.3 is 10.2 Å². The SMILES string of the molecule is Cc1nnnn1C(Cc1ccc(F)cc1)C(=O)N(C)CC(=O)NC(C)(C)C. The molecule has 0 aliphatic heterocycles. The number of likely N-dealkylation sites (N-methyl/N-ethyl adjacent to an activating group) is 1. The van der Waals surface area contributed by atoms with E-state index in [-0.39, 0.29) is 36.1 Å². The second-order valence-corrected chi connectivity index (χ2v) is 7.51. The van der Waals surface area contributed by atoms with Crippen molar-refractivity contribution in [1.82, 2.24) is 30.4 Å². The minimum atomic E-state index is -0.738. The molecular weight excluding hydrogens is 351 g/mol. The lowest BCUT2D eigenvalue weighted by Crippen LogP contribution is -2.47. The largest absolute Gasteiger partial charge is 0.350 e. The van der Waals surface area contributed by atoms with Gasteiger partial charge in [0, 0.05) is 19.0 Å². The first-order chi connectivity index (χ1) is 12.6. The van der Waals surface area contributed by atoms with Crippen molar-refractivity contribution in [3.63, 3.8) is 0 Å². The lowest BCUT2D eigenvalue weighted by Gasteiger charge is -2.26. The van der Waals surface area contributed by atoms with Crippen molar-refractivity contribution in [2.75, 3.05) is 13.6 Å². The summed E-state index contributed by atoms with van der Waals surface area (Å²) >= 11 is 0. The van der Waals surface area contributed by atoms with Gasteiger partial charge in [-0.1, -0.05) is 12.1 Å². The van der Waals surface area contributed by atoms with Crippen LogP contribution in [-0.2, 0) is 16.0 Å². The smallest absolute Gasteiger partial charge is 0.248 e. The number of carbonyl (C=O) groups is 2. The first-order valence-electron chi connectivity index (χ1n) is 8.62. The zero-order valence-electron chi connectivity index (χ0n) is 16.2. The number of carbonyl (C=O) groups excluding carboxylic acids is 2. The average Bonchev–Trinajstić information content (AvgIpc) is 2.97. The number of amides is 2. The standard InChI is InChI=1S/C18H25FN6O2/c1-12-21-22-23-25(12)15(10-13-6-8-14(19)9-7-13)17(27)24(5)11-16(26)20-18(2,3)4/h6-9,15H,10-11H2,1-5H3,(H,20,26). The van der Waals surface area contributed by atoms with Crippen LogP contribution in [0.15, 0.2) is 24.3 Å². The number of hydrogen-bond donors (Lipinski definition) is 1. The predicted molar refractivity (Wildman–Crippen MR) is 97.2 cm³/mol. The summed E-state index contributed by atoms with van der Waals surface area (Å²) in [6.45, 7) is 7.21. The Morgan fingerprint density at radius 1 is 1.26 bits per heavy atom. The highest BCUT2D eigenvalue weighted by molar-refractivity contribution is 5.87. The highest BCUT2D eigenvalue weighted by Gasteiger charge is 2.28. The van der Waals surface area contributed by atoms with E-state index in [2.05, 4.69) is 20.8 Å². The van der Waals surface area contributed by atoms with Crippen molar-refractivity contribution in [1.29, 1.82) is 0 Å². The van der Waals surface area contributed by atoms with Gasteiger partial charge in [-0.2, -0.15) is 0 Å². The van der Waals surface area contributed by atoms with Gasteiger partial charge in [0.1, 0.15) is 17.7 Å². The Morgan fingerprint density at radius 3 is 2.41 bits per heavy atom. The average molecular weight is 376 g/mol. The fourth-order valence-corrected chi connectivity index (χ4v) is 2.65. The molecule has 8 nitrogen and oxygen atoms in total. The van der Waals surface area contributed by atoms with E-state index in [0.29, 0.717) is 5.82 Å². The number of aromatic nitrogens is 4. The zero-order chi connectivity index (χ0) is 20.2. The van der Waals surface area contributed by atoms with Crippen molar-refractivity contribution >= 4 is 11.8 Å². The summed E-state index contributed by atoms with van der Waals surface area (Å²) in [6.07, 6.45) is 0.274. The van der Waals surface area contributed by atoms with Crippen LogP contribution in [-0.4, -0.2) is 56.1 Å². The fourth-order valence-electron chi connectivity index (χ4n) is 2.65. The summed E-state index contributed by atoms with van der Waals surface area (Å²) in [5.41, 5.74) is 0.373. The van der Waals surface area contributed by atoms with Crippen LogP contribution in [0.4, 0.5) is 4.39 Å². The van der Waals surface area contributed by atoms with Crippen molar-refractivity contribution < 1.29 is 14.0 Å². The number of aryl methyl sites for hydroxylation is 1.